The van der Waals surface area contributed by atoms with E-state index in [0.29, 0.717) is 29.1 Å². The van der Waals surface area contributed by atoms with E-state index >= 15 is 0 Å². The molecule has 1 aliphatic rings. The molecule has 0 bridgehead atoms. The Balaban J connectivity index is 1.40. The molecule has 1 atom stereocenters. The molecule has 3 heterocycles. The van der Waals surface area contributed by atoms with Crippen LogP contribution in [0.25, 0.3) is 0 Å². The molecule has 1 N–H and O–H groups in total. The van der Waals surface area contributed by atoms with Gasteiger partial charge >= 0.3 is 0 Å². The average Bonchev–Trinajstić information content (AvgIpc) is 2.81. The number of nitrogens with zero attached hydrogens (tertiary/aromatic N) is 4. The molecule has 4 rings (SSSR count). The molecule has 1 fully saturated rings. The first kappa shape index (κ1) is 22.8. The molecule has 172 valence electrons. The van der Waals surface area contributed by atoms with Crippen LogP contribution in [-0.2, 0) is 6.54 Å². The predicted octanol–water partition coefficient (Wildman–Crippen LogP) is 3.79. The quantitative estimate of drug-likeness (QED) is 0.618. The maximum Gasteiger partial charge on any atom is 0.260 e. The summed E-state index contributed by atoms with van der Waals surface area (Å²) in [6, 6.07) is 11.3. The number of carbonyl (C=O) groups excluding carboxylic acids is 1. The maximum atomic E-state index is 13.0. The largest absolute Gasteiger partial charge is 0.439 e. The number of rotatable bonds is 6. The van der Waals surface area contributed by atoms with Crippen molar-refractivity contribution in [2.24, 2.45) is 0 Å². The molecular weight excluding hydrogens is 421 g/mol. The number of amides is 1. The monoisotopic (exact) mass is 449 g/mol. The third-order valence-corrected chi connectivity index (χ3v) is 5.72. The van der Waals surface area contributed by atoms with Crippen molar-refractivity contribution in [3.8, 4) is 11.6 Å². The molecule has 8 heteroatoms. The van der Waals surface area contributed by atoms with Crippen LogP contribution in [0.1, 0.15) is 28.4 Å². The van der Waals surface area contributed by atoms with E-state index < -0.39 is 0 Å². The lowest BCUT2D eigenvalue weighted by molar-refractivity contribution is 0.0992. The summed E-state index contributed by atoms with van der Waals surface area (Å²) < 4.78 is 18.6. The summed E-state index contributed by atoms with van der Waals surface area (Å²) in [6.07, 6.45) is 3.32. The molecule has 0 saturated carbocycles. The highest BCUT2D eigenvalue weighted by Gasteiger charge is 2.19. The molecule has 2 aromatic heterocycles. The number of aromatic nitrogens is 2. The first-order valence-corrected chi connectivity index (χ1v) is 11.0. The minimum Gasteiger partial charge on any atom is -0.439 e. The maximum absolute atomic E-state index is 13.0. The molecule has 1 aliphatic heterocycles. The fourth-order valence-electron chi connectivity index (χ4n) is 3.80. The second-order valence-corrected chi connectivity index (χ2v) is 8.36. The summed E-state index contributed by atoms with van der Waals surface area (Å²) >= 11 is 0. The van der Waals surface area contributed by atoms with Crippen molar-refractivity contribution in [1.29, 1.82) is 0 Å². The molecule has 3 aromatic rings. The van der Waals surface area contributed by atoms with Crippen LogP contribution in [0.5, 0.6) is 11.6 Å². The van der Waals surface area contributed by atoms with Crippen LogP contribution in [0, 0.1) is 12.7 Å². The smallest absolute Gasteiger partial charge is 0.260 e. The lowest BCUT2D eigenvalue weighted by Crippen LogP contribution is -2.48. The van der Waals surface area contributed by atoms with E-state index in [2.05, 4.69) is 27.1 Å². The number of ether oxygens (including phenoxy) is 1. The third kappa shape index (κ3) is 5.71. The van der Waals surface area contributed by atoms with Gasteiger partial charge in [0.15, 0.2) is 0 Å². The zero-order valence-electron chi connectivity index (χ0n) is 19.1. The van der Waals surface area contributed by atoms with Crippen LogP contribution in [0.4, 0.5) is 10.2 Å². The number of carbonyl (C=O) groups is 1. The van der Waals surface area contributed by atoms with Gasteiger partial charge in [-0.15, -0.1) is 0 Å². The molecular formula is C25H28FN5O2. The van der Waals surface area contributed by atoms with Crippen molar-refractivity contribution < 1.29 is 13.9 Å². The highest BCUT2D eigenvalue weighted by atomic mass is 19.1. The van der Waals surface area contributed by atoms with Crippen molar-refractivity contribution in [2.75, 3.05) is 31.6 Å². The van der Waals surface area contributed by atoms with E-state index in [1.54, 1.807) is 19.2 Å². The predicted molar refractivity (Wildman–Crippen MR) is 125 cm³/mol. The number of nitrogens with one attached hydrogen (secondary N) is 1. The Morgan fingerprint density at radius 1 is 1.21 bits per heavy atom. The summed E-state index contributed by atoms with van der Waals surface area (Å²) in [5, 5.41) is 3.45. The molecule has 1 aromatic carbocycles. The van der Waals surface area contributed by atoms with Gasteiger partial charge in [0.05, 0.1) is 5.56 Å². The molecule has 1 saturated heterocycles. The van der Waals surface area contributed by atoms with Gasteiger partial charge in [-0.05, 0) is 61.4 Å². The van der Waals surface area contributed by atoms with Crippen molar-refractivity contribution in [3.05, 3.63) is 77.4 Å². The van der Waals surface area contributed by atoms with Crippen LogP contribution in [0.3, 0.4) is 0 Å². The highest BCUT2D eigenvalue weighted by molar-refractivity contribution is 6.05. The van der Waals surface area contributed by atoms with E-state index in [-0.39, 0.29) is 11.7 Å². The third-order valence-electron chi connectivity index (χ3n) is 5.72. The number of hydrogen-bond acceptors (Lipinski definition) is 6. The Bertz CT molecular complexity index is 1100. The molecule has 0 unspecified atom stereocenters. The first-order chi connectivity index (χ1) is 15.9. The second-order valence-electron chi connectivity index (χ2n) is 8.36. The average molecular weight is 450 g/mol. The molecule has 1 amide bonds. The van der Waals surface area contributed by atoms with E-state index in [1.807, 2.05) is 19.2 Å². The molecule has 0 spiro atoms. The number of anilines is 1. The van der Waals surface area contributed by atoms with E-state index in [1.165, 1.54) is 35.4 Å². The minimum absolute atomic E-state index is 0.216. The number of aryl methyl sites for hydroxylation is 1. The van der Waals surface area contributed by atoms with Crippen LogP contribution in [0.2, 0.25) is 0 Å². The van der Waals surface area contributed by atoms with Crippen LogP contribution >= 0.6 is 0 Å². The lowest BCUT2D eigenvalue weighted by Gasteiger charge is -2.32. The highest BCUT2D eigenvalue weighted by Crippen LogP contribution is 2.22. The Morgan fingerprint density at radius 3 is 2.67 bits per heavy atom. The second kappa shape index (κ2) is 10.1. The molecule has 7 nitrogen and oxygen atoms in total. The van der Waals surface area contributed by atoms with Crippen LogP contribution < -0.4 is 15.0 Å². The lowest BCUT2D eigenvalue weighted by atomic mass is 10.1. The van der Waals surface area contributed by atoms with Crippen molar-refractivity contribution >= 4 is 11.7 Å². The Labute approximate surface area is 193 Å². The van der Waals surface area contributed by atoms with Crippen LogP contribution in [-0.4, -0.2) is 53.5 Å². The summed E-state index contributed by atoms with van der Waals surface area (Å²) in [5.41, 5.74) is 2.69. The zero-order chi connectivity index (χ0) is 23.4. The number of piperazine rings is 1. The minimum atomic E-state index is -0.338. The Kier molecular flexibility index (Phi) is 6.96. The topological polar surface area (TPSA) is 70.6 Å². The van der Waals surface area contributed by atoms with Gasteiger partial charge in [-0.2, -0.15) is 0 Å². The van der Waals surface area contributed by atoms with Gasteiger partial charge in [0.25, 0.3) is 5.91 Å². The number of benzene rings is 1. The van der Waals surface area contributed by atoms with Gasteiger partial charge < -0.3 is 10.1 Å². The van der Waals surface area contributed by atoms with Crippen molar-refractivity contribution in [3.63, 3.8) is 0 Å². The fourth-order valence-corrected chi connectivity index (χ4v) is 3.80. The SMILES string of the molecule is Cc1cc(N(C)C(=O)c2ccc(Oc3ccc(F)cc3)nc2)ncc1CN1CCN[C@@H](C)C1. The zero-order valence-corrected chi connectivity index (χ0v) is 19.1. The molecule has 0 aliphatic carbocycles. The van der Waals surface area contributed by atoms with E-state index in [0.717, 1.165) is 37.3 Å². The van der Waals surface area contributed by atoms with Crippen LogP contribution in [0.15, 0.2) is 54.9 Å². The fraction of sp³-hybridized carbons (Fsp3) is 0.320. The van der Waals surface area contributed by atoms with E-state index in [9.17, 15) is 9.18 Å². The van der Waals surface area contributed by atoms with Crippen molar-refractivity contribution in [2.45, 2.75) is 26.4 Å². The number of halogens is 1. The van der Waals surface area contributed by atoms with Gasteiger partial charge in [-0.1, -0.05) is 0 Å². The summed E-state index contributed by atoms with van der Waals surface area (Å²) in [5.74, 6) is 0.819. The van der Waals surface area contributed by atoms with E-state index in [4.69, 9.17) is 4.74 Å². The number of hydrogen-bond donors (Lipinski definition) is 1. The first-order valence-electron chi connectivity index (χ1n) is 11.0. The Hall–Kier alpha value is -3.36. The summed E-state index contributed by atoms with van der Waals surface area (Å²) in [7, 11) is 1.70. The molecule has 0 radical (unpaired) electrons. The summed E-state index contributed by atoms with van der Waals surface area (Å²) in [6.45, 7) is 8.10. The molecule has 33 heavy (non-hydrogen) atoms. The van der Waals surface area contributed by atoms with Crippen molar-refractivity contribution in [1.82, 2.24) is 20.2 Å². The number of pyridine rings is 2. The Morgan fingerprint density at radius 2 is 2.00 bits per heavy atom. The normalized spacial score (nSPS) is 16.4. The van der Waals surface area contributed by atoms with Gasteiger partial charge in [0.2, 0.25) is 5.88 Å². The van der Waals surface area contributed by atoms with Gasteiger partial charge in [-0.3, -0.25) is 14.6 Å². The van der Waals surface area contributed by atoms with Gasteiger partial charge in [0.1, 0.15) is 17.4 Å². The summed E-state index contributed by atoms with van der Waals surface area (Å²) in [4.78, 5) is 25.6. The van der Waals surface area contributed by atoms with Gasteiger partial charge in [-0.25, -0.2) is 14.4 Å². The van der Waals surface area contributed by atoms with Gasteiger partial charge in [0, 0.05) is 57.7 Å². The standard InChI is InChI=1S/C25H28FN5O2/c1-17-12-23(28-14-20(17)16-31-11-10-27-18(2)15-31)30(3)25(32)19-4-9-24(29-13-19)33-22-7-5-21(26)6-8-22/h4-9,12-14,18,27H,10-11,15-16H2,1-3H3/t18-/m0/s1.